The van der Waals surface area contributed by atoms with E-state index in [2.05, 4.69) is 11.8 Å². The molecule has 1 N–H and O–H groups in total. The lowest BCUT2D eigenvalue weighted by molar-refractivity contribution is 0.0494. The van der Waals surface area contributed by atoms with Crippen molar-refractivity contribution in [3.63, 3.8) is 0 Å². The van der Waals surface area contributed by atoms with Crippen LogP contribution < -0.4 is 0 Å². The standard InChI is InChI=1S/C13H15ClO/c1-3-4-5-9-13(2,15)11-7-6-8-12(14)10-11/h6-8,10,15H,5,9H2,1-2H3. The summed E-state index contributed by atoms with van der Waals surface area (Å²) in [6.45, 7) is 3.59. The Hall–Kier alpha value is -0.970. The van der Waals surface area contributed by atoms with Gasteiger partial charge in [0.05, 0.1) is 5.60 Å². The molecule has 1 nitrogen and oxygen atoms in total. The maximum Gasteiger partial charge on any atom is 0.0878 e. The van der Waals surface area contributed by atoms with E-state index < -0.39 is 5.60 Å². The summed E-state index contributed by atoms with van der Waals surface area (Å²) in [6, 6.07) is 7.32. The normalized spacial score (nSPS) is 13.9. The molecule has 1 unspecified atom stereocenters. The Morgan fingerprint density at radius 3 is 2.80 bits per heavy atom. The van der Waals surface area contributed by atoms with Crippen molar-refractivity contribution in [2.75, 3.05) is 0 Å². The van der Waals surface area contributed by atoms with Crippen LogP contribution in [0.2, 0.25) is 5.02 Å². The lowest BCUT2D eigenvalue weighted by atomic mass is 9.91. The van der Waals surface area contributed by atoms with E-state index in [1.54, 1.807) is 26.0 Å². The van der Waals surface area contributed by atoms with Crippen molar-refractivity contribution in [2.45, 2.75) is 32.3 Å². The summed E-state index contributed by atoms with van der Waals surface area (Å²) < 4.78 is 0. The number of aliphatic hydroxyl groups is 1. The SMILES string of the molecule is CC#CCCC(C)(O)c1cccc(Cl)c1. The summed E-state index contributed by atoms with van der Waals surface area (Å²) in [4.78, 5) is 0. The van der Waals surface area contributed by atoms with Gasteiger partial charge in [-0.2, -0.15) is 0 Å². The molecule has 1 atom stereocenters. The Labute approximate surface area is 96.1 Å². The van der Waals surface area contributed by atoms with Crippen molar-refractivity contribution in [1.82, 2.24) is 0 Å². The highest BCUT2D eigenvalue weighted by Gasteiger charge is 2.22. The third kappa shape index (κ3) is 3.58. The maximum atomic E-state index is 10.2. The number of hydrogen-bond donors (Lipinski definition) is 1. The topological polar surface area (TPSA) is 20.2 Å². The number of rotatable bonds is 3. The van der Waals surface area contributed by atoms with Crippen molar-refractivity contribution in [2.24, 2.45) is 0 Å². The number of halogens is 1. The lowest BCUT2D eigenvalue weighted by Gasteiger charge is -2.22. The van der Waals surface area contributed by atoms with Crippen LogP contribution in [0, 0.1) is 11.8 Å². The first-order valence-corrected chi connectivity index (χ1v) is 5.32. The van der Waals surface area contributed by atoms with E-state index in [9.17, 15) is 5.11 Å². The van der Waals surface area contributed by atoms with E-state index in [1.807, 2.05) is 12.1 Å². The number of hydrogen-bond acceptors (Lipinski definition) is 1. The van der Waals surface area contributed by atoms with Crippen molar-refractivity contribution in [3.8, 4) is 11.8 Å². The van der Waals surface area contributed by atoms with E-state index in [-0.39, 0.29) is 0 Å². The highest BCUT2D eigenvalue weighted by Crippen LogP contribution is 2.27. The summed E-state index contributed by atoms with van der Waals surface area (Å²) in [5.74, 6) is 5.76. The first-order chi connectivity index (χ1) is 7.06. The second-order valence-corrected chi connectivity index (χ2v) is 4.15. The van der Waals surface area contributed by atoms with Crippen LogP contribution in [0.3, 0.4) is 0 Å². The van der Waals surface area contributed by atoms with Crippen LogP contribution in [0.5, 0.6) is 0 Å². The molecule has 15 heavy (non-hydrogen) atoms. The van der Waals surface area contributed by atoms with Crippen molar-refractivity contribution in [3.05, 3.63) is 34.9 Å². The molecule has 1 rings (SSSR count). The predicted molar refractivity (Wildman–Crippen MR) is 63.7 cm³/mol. The molecule has 0 saturated carbocycles. The molecular weight excluding hydrogens is 208 g/mol. The average Bonchev–Trinajstić information content (AvgIpc) is 2.18. The fourth-order valence-corrected chi connectivity index (χ4v) is 1.59. The zero-order valence-corrected chi connectivity index (χ0v) is 9.80. The van der Waals surface area contributed by atoms with Gasteiger partial charge < -0.3 is 5.11 Å². The Bertz CT molecular complexity index is 385. The minimum atomic E-state index is -0.852. The van der Waals surface area contributed by atoms with Gasteiger partial charge in [-0.1, -0.05) is 23.7 Å². The smallest absolute Gasteiger partial charge is 0.0878 e. The van der Waals surface area contributed by atoms with Gasteiger partial charge in [0.25, 0.3) is 0 Å². The quantitative estimate of drug-likeness (QED) is 0.778. The molecule has 0 bridgehead atoms. The van der Waals surface area contributed by atoms with Gasteiger partial charge in [-0.3, -0.25) is 0 Å². The van der Waals surface area contributed by atoms with Crippen LogP contribution in [-0.2, 0) is 5.60 Å². The largest absolute Gasteiger partial charge is 0.385 e. The van der Waals surface area contributed by atoms with Crippen molar-refractivity contribution in [1.29, 1.82) is 0 Å². The molecule has 0 fully saturated rings. The molecule has 0 amide bonds. The minimum Gasteiger partial charge on any atom is -0.385 e. The fraction of sp³-hybridized carbons (Fsp3) is 0.385. The number of benzene rings is 1. The summed E-state index contributed by atoms with van der Waals surface area (Å²) in [5, 5.41) is 10.9. The van der Waals surface area contributed by atoms with Gasteiger partial charge in [0.1, 0.15) is 0 Å². The molecule has 1 aromatic rings. The van der Waals surface area contributed by atoms with Crippen LogP contribution >= 0.6 is 11.6 Å². The third-order valence-electron chi connectivity index (χ3n) is 2.36. The van der Waals surface area contributed by atoms with Gasteiger partial charge in [0.15, 0.2) is 0 Å². The molecule has 80 valence electrons. The van der Waals surface area contributed by atoms with Gasteiger partial charge in [-0.25, -0.2) is 0 Å². The Kier molecular flexibility index (Phi) is 4.20. The van der Waals surface area contributed by atoms with Gasteiger partial charge >= 0.3 is 0 Å². The summed E-state index contributed by atoms with van der Waals surface area (Å²) >= 11 is 5.87. The van der Waals surface area contributed by atoms with E-state index in [0.717, 1.165) is 5.56 Å². The second-order valence-electron chi connectivity index (χ2n) is 3.71. The zero-order chi connectivity index (χ0) is 11.3. The van der Waals surface area contributed by atoms with E-state index in [1.165, 1.54) is 0 Å². The molecule has 0 aliphatic heterocycles. The Balaban J connectivity index is 2.79. The van der Waals surface area contributed by atoms with Crippen molar-refractivity contribution >= 4 is 11.6 Å². The Morgan fingerprint density at radius 1 is 1.47 bits per heavy atom. The summed E-state index contributed by atoms with van der Waals surface area (Å²) in [7, 11) is 0. The predicted octanol–water partition coefficient (Wildman–Crippen LogP) is 3.35. The third-order valence-corrected chi connectivity index (χ3v) is 2.60. The molecular formula is C13H15ClO. The minimum absolute atomic E-state index is 0.619. The molecule has 2 heteroatoms. The van der Waals surface area contributed by atoms with Gasteiger partial charge in [0, 0.05) is 11.4 Å². The van der Waals surface area contributed by atoms with Crippen LogP contribution in [-0.4, -0.2) is 5.11 Å². The fourth-order valence-electron chi connectivity index (χ4n) is 1.40. The molecule has 0 aliphatic rings. The Morgan fingerprint density at radius 2 is 2.20 bits per heavy atom. The first kappa shape index (κ1) is 12.1. The second kappa shape index (κ2) is 5.21. The summed E-state index contributed by atoms with van der Waals surface area (Å²) in [6.07, 6.45) is 1.31. The molecule has 0 radical (unpaired) electrons. The highest BCUT2D eigenvalue weighted by atomic mass is 35.5. The maximum absolute atomic E-state index is 10.2. The first-order valence-electron chi connectivity index (χ1n) is 4.94. The van der Waals surface area contributed by atoms with Gasteiger partial charge in [0.2, 0.25) is 0 Å². The molecule has 1 aromatic carbocycles. The van der Waals surface area contributed by atoms with Crippen LogP contribution in [0.4, 0.5) is 0 Å². The molecule has 0 aromatic heterocycles. The zero-order valence-electron chi connectivity index (χ0n) is 9.05. The molecule has 0 spiro atoms. The molecule has 0 heterocycles. The van der Waals surface area contributed by atoms with Crippen LogP contribution in [0.25, 0.3) is 0 Å². The van der Waals surface area contributed by atoms with Crippen LogP contribution in [0.15, 0.2) is 24.3 Å². The molecule has 0 saturated heterocycles. The molecule has 0 aliphatic carbocycles. The lowest BCUT2D eigenvalue weighted by Crippen LogP contribution is -2.20. The van der Waals surface area contributed by atoms with E-state index in [0.29, 0.717) is 17.9 Å². The van der Waals surface area contributed by atoms with Crippen molar-refractivity contribution < 1.29 is 5.11 Å². The van der Waals surface area contributed by atoms with Gasteiger partial charge in [-0.15, -0.1) is 11.8 Å². The summed E-state index contributed by atoms with van der Waals surface area (Å²) in [5.41, 5.74) is -0.0118. The highest BCUT2D eigenvalue weighted by molar-refractivity contribution is 6.30. The van der Waals surface area contributed by atoms with Crippen LogP contribution in [0.1, 0.15) is 32.3 Å². The van der Waals surface area contributed by atoms with E-state index in [4.69, 9.17) is 11.6 Å². The van der Waals surface area contributed by atoms with Gasteiger partial charge in [-0.05, 0) is 38.0 Å². The monoisotopic (exact) mass is 222 g/mol. The van der Waals surface area contributed by atoms with E-state index >= 15 is 0 Å². The average molecular weight is 223 g/mol.